The van der Waals surface area contributed by atoms with Gasteiger partial charge in [0.2, 0.25) is 5.91 Å². The van der Waals surface area contributed by atoms with Crippen molar-refractivity contribution in [3.05, 3.63) is 29.8 Å². The molecule has 0 bridgehead atoms. The fourth-order valence-electron chi connectivity index (χ4n) is 2.53. The summed E-state index contributed by atoms with van der Waals surface area (Å²) in [7, 11) is 0. The fraction of sp³-hybridized carbons (Fsp3) is 0.471. The van der Waals surface area contributed by atoms with Crippen LogP contribution in [-0.4, -0.2) is 35.3 Å². The number of imide groups is 1. The van der Waals surface area contributed by atoms with Crippen LogP contribution in [0.5, 0.6) is 0 Å². The van der Waals surface area contributed by atoms with Gasteiger partial charge in [0, 0.05) is 5.69 Å². The average molecular weight is 317 g/mol. The summed E-state index contributed by atoms with van der Waals surface area (Å²) in [5, 5.41) is 5.33. The Morgan fingerprint density at radius 2 is 1.91 bits per heavy atom. The lowest BCUT2D eigenvalue weighted by Crippen LogP contribution is -2.38. The third-order valence-electron chi connectivity index (χ3n) is 3.76. The minimum atomic E-state index is -0.529. The van der Waals surface area contributed by atoms with Crippen LogP contribution in [0.15, 0.2) is 24.3 Å². The minimum absolute atomic E-state index is 0.269. The summed E-state index contributed by atoms with van der Waals surface area (Å²) < 4.78 is 0. The van der Waals surface area contributed by atoms with E-state index in [2.05, 4.69) is 17.6 Å². The molecule has 0 spiro atoms. The van der Waals surface area contributed by atoms with Gasteiger partial charge in [-0.15, -0.1) is 0 Å². The third kappa shape index (κ3) is 4.31. The van der Waals surface area contributed by atoms with E-state index < -0.39 is 12.1 Å². The molecule has 6 heteroatoms. The van der Waals surface area contributed by atoms with Crippen molar-refractivity contribution in [2.75, 3.05) is 11.9 Å². The number of hydrogen-bond donors (Lipinski definition) is 2. The quantitative estimate of drug-likeness (QED) is 0.789. The van der Waals surface area contributed by atoms with Crippen LogP contribution in [-0.2, 0) is 16.0 Å². The maximum Gasteiger partial charge on any atom is 0.325 e. The highest BCUT2D eigenvalue weighted by molar-refractivity contribution is 6.07. The zero-order valence-electron chi connectivity index (χ0n) is 13.8. The highest BCUT2D eigenvalue weighted by Gasteiger charge is 2.38. The third-order valence-corrected chi connectivity index (χ3v) is 3.76. The number of rotatable bonds is 6. The van der Waals surface area contributed by atoms with E-state index in [0.29, 0.717) is 12.1 Å². The lowest BCUT2D eigenvalue weighted by molar-refractivity contribution is -0.131. The van der Waals surface area contributed by atoms with E-state index >= 15 is 0 Å². The number of benzene rings is 1. The lowest BCUT2D eigenvalue weighted by atomic mass is 10.0. The molecule has 1 fully saturated rings. The molecular formula is C17H23N3O3. The molecule has 1 heterocycles. The average Bonchev–Trinajstić information content (AvgIpc) is 2.75. The first kappa shape index (κ1) is 17.0. The standard InChI is InChI=1S/C17H23N3O3/c1-4-12-5-7-13(8-6-12)18-15(21)10-20-16(22)14(9-11(2)3)19-17(20)23/h5-8,11,14H,4,9-10H2,1-3H3,(H,18,21)(H,19,23)/t14-/m0/s1. The van der Waals surface area contributed by atoms with Crippen molar-refractivity contribution in [1.29, 1.82) is 0 Å². The van der Waals surface area contributed by atoms with Gasteiger partial charge in [-0.2, -0.15) is 0 Å². The largest absolute Gasteiger partial charge is 0.326 e. The molecule has 1 aromatic rings. The number of nitrogens with one attached hydrogen (secondary N) is 2. The number of urea groups is 1. The number of nitrogens with zero attached hydrogens (tertiary/aromatic N) is 1. The Bertz CT molecular complexity index is 596. The van der Waals surface area contributed by atoms with Gasteiger partial charge in [-0.3, -0.25) is 14.5 Å². The molecule has 2 rings (SSSR count). The topological polar surface area (TPSA) is 78.5 Å². The summed E-state index contributed by atoms with van der Waals surface area (Å²) in [6.45, 7) is 5.75. The number of carbonyl (C=O) groups excluding carboxylic acids is 3. The molecule has 1 atom stereocenters. The molecule has 0 radical (unpaired) electrons. The van der Waals surface area contributed by atoms with E-state index in [0.717, 1.165) is 11.3 Å². The van der Waals surface area contributed by atoms with Gasteiger partial charge in [0.05, 0.1) is 0 Å². The minimum Gasteiger partial charge on any atom is -0.326 e. The van der Waals surface area contributed by atoms with Crippen molar-refractivity contribution in [3.63, 3.8) is 0 Å². The summed E-state index contributed by atoms with van der Waals surface area (Å²) in [5.41, 5.74) is 1.83. The van der Waals surface area contributed by atoms with E-state index in [1.165, 1.54) is 5.56 Å². The molecule has 4 amide bonds. The van der Waals surface area contributed by atoms with E-state index in [9.17, 15) is 14.4 Å². The Morgan fingerprint density at radius 3 is 2.48 bits per heavy atom. The molecule has 0 unspecified atom stereocenters. The lowest BCUT2D eigenvalue weighted by Gasteiger charge is -2.14. The van der Waals surface area contributed by atoms with Crippen LogP contribution in [0.25, 0.3) is 0 Å². The smallest absolute Gasteiger partial charge is 0.325 e. The second-order valence-electron chi connectivity index (χ2n) is 6.15. The van der Waals surface area contributed by atoms with Crippen LogP contribution >= 0.6 is 0 Å². The molecule has 1 aliphatic heterocycles. The monoisotopic (exact) mass is 317 g/mol. The molecule has 1 aromatic carbocycles. The number of carbonyl (C=O) groups is 3. The van der Waals surface area contributed by atoms with Crippen LogP contribution in [0, 0.1) is 5.92 Å². The highest BCUT2D eigenvalue weighted by Crippen LogP contribution is 2.15. The second-order valence-corrected chi connectivity index (χ2v) is 6.15. The van der Waals surface area contributed by atoms with E-state index in [-0.39, 0.29) is 24.3 Å². The Balaban J connectivity index is 1.94. The number of amides is 4. The molecule has 0 aliphatic carbocycles. The zero-order chi connectivity index (χ0) is 17.0. The molecule has 0 saturated carbocycles. The van der Waals surface area contributed by atoms with Crippen molar-refractivity contribution in [2.45, 2.75) is 39.7 Å². The van der Waals surface area contributed by atoms with Crippen LogP contribution in [0.3, 0.4) is 0 Å². The number of aryl methyl sites for hydroxylation is 1. The Morgan fingerprint density at radius 1 is 1.26 bits per heavy atom. The first-order chi connectivity index (χ1) is 10.9. The first-order valence-corrected chi connectivity index (χ1v) is 7.91. The summed E-state index contributed by atoms with van der Waals surface area (Å²) in [6.07, 6.45) is 1.50. The van der Waals surface area contributed by atoms with E-state index in [1.54, 1.807) is 0 Å². The van der Waals surface area contributed by atoms with Gasteiger partial charge in [-0.1, -0.05) is 32.9 Å². The second kappa shape index (κ2) is 7.26. The van der Waals surface area contributed by atoms with Crippen LogP contribution in [0.1, 0.15) is 32.8 Å². The van der Waals surface area contributed by atoms with Crippen molar-refractivity contribution < 1.29 is 14.4 Å². The summed E-state index contributed by atoms with van der Waals surface area (Å²) in [6, 6.07) is 6.45. The van der Waals surface area contributed by atoms with Crippen molar-refractivity contribution in [2.24, 2.45) is 5.92 Å². The summed E-state index contributed by atoms with van der Waals surface area (Å²) >= 11 is 0. The van der Waals surface area contributed by atoms with E-state index in [4.69, 9.17) is 0 Å². The number of anilines is 1. The molecular weight excluding hydrogens is 294 g/mol. The first-order valence-electron chi connectivity index (χ1n) is 7.91. The van der Waals surface area contributed by atoms with Gasteiger partial charge >= 0.3 is 6.03 Å². The van der Waals surface area contributed by atoms with Crippen LogP contribution in [0.2, 0.25) is 0 Å². The molecule has 124 valence electrons. The van der Waals surface area contributed by atoms with Gasteiger partial charge in [0.15, 0.2) is 0 Å². The molecule has 1 aliphatic rings. The normalized spacial score (nSPS) is 17.6. The molecule has 1 saturated heterocycles. The van der Waals surface area contributed by atoms with Gasteiger partial charge in [-0.05, 0) is 36.5 Å². The Hall–Kier alpha value is -2.37. The van der Waals surface area contributed by atoms with Crippen molar-refractivity contribution in [3.8, 4) is 0 Å². The van der Waals surface area contributed by atoms with E-state index in [1.807, 2.05) is 38.1 Å². The fourth-order valence-corrected chi connectivity index (χ4v) is 2.53. The van der Waals surface area contributed by atoms with Gasteiger partial charge < -0.3 is 10.6 Å². The Labute approximate surface area is 136 Å². The van der Waals surface area contributed by atoms with Gasteiger partial charge in [-0.25, -0.2) is 4.79 Å². The number of hydrogen-bond acceptors (Lipinski definition) is 3. The Kier molecular flexibility index (Phi) is 5.36. The van der Waals surface area contributed by atoms with Crippen LogP contribution in [0.4, 0.5) is 10.5 Å². The molecule has 23 heavy (non-hydrogen) atoms. The van der Waals surface area contributed by atoms with Crippen molar-refractivity contribution >= 4 is 23.5 Å². The van der Waals surface area contributed by atoms with Crippen LogP contribution < -0.4 is 10.6 Å². The molecule has 0 aromatic heterocycles. The maximum absolute atomic E-state index is 12.2. The maximum atomic E-state index is 12.2. The molecule has 6 nitrogen and oxygen atoms in total. The van der Waals surface area contributed by atoms with Gasteiger partial charge in [0.25, 0.3) is 5.91 Å². The predicted octanol–water partition coefficient (Wildman–Crippen LogP) is 2.15. The summed E-state index contributed by atoms with van der Waals surface area (Å²) in [4.78, 5) is 37.1. The highest BCUT2D eigenvalue weighted by atomic mass is 16.2. The SMILES string of the molecule is CCc1ccc(NC(=O)CN2C(=O)N[C@@H](CC(C)C)C2=O)cc1. The zero-order valence-corrected chi connectivity index (χ0v) is 13.8. The predicted molar refractivity (Wildman–Crippen MR) is 87.9 cm³/mol. The van der Waals surface area contributed by atoms with Crippen molar-refractivity contribution in [1.82, 2.24) is 10.2 Å². The summed E-state index contributed by atoms with van der Waals surface area (Å²) in [5.74, 6) is -0.432. The van der Waals surface area contributed by atoms with Gasteiger partial charge in [0.1, 0.15) is 12.6 Å². The molecule has 2 N–H and O–H groups in total.